The second-order valence-electron chi connectivity index (χ2n) is 8.06. The van der Waals surface area contributed by atoms with E-state index >= 15 is 0 Å². The van der Waals surface area contributed by atoms with Gasteiger partial charge in [0.2, 0.25) is 0 Å². The Labute approximate surface area is 187 Å². The maximum absolute atomic E-state index is 12.7. The van der Waals surface area contributed by atoms with Crippen LogP contribution in [-0.4, -0.2) is 54.9 Å². The molecule has 2 amide bonds. The van der Waals surface area contributed by atoms with Crippen LogP contribution in [0.1, 0.15) is 37.3 Å². The first kappa shape index (κ1) is 23.3. The molecule has 0 spiro atoms. The van der Waals surface area contributed by atoms with E-state index in [4.69, 9.17) is 14.7 Å². The molecule has 2 aromatic carbocycles. The lowest BCUT2D eigenvalue weighted by molar-refractivity contribution is -0.193. The summed E-state index contributed by atoms with van der Waals surface area (Å²) in [4.78, 5) is 40.7. The van der Waals surface area contributed by atoms with Crippen LogP contribution in [0.4, 0.5) is 4.79 Å². The van der Waals surface area contributed by atoms with Gasteiger partial charge in [0.1, 0.15) is 6.61 Å². The van der Waals surface area contributed by atoms with E-state index in [0.717, 1.165) is 27.3 Å². The number of amides is 2. The SMILES string of the molecule is CCC(C)(CNC(=O)OCC1c2ccccc2-c2ccccc21)C(=O)N(C)OCC(=O)O. The lowest BCUT2D eigenvalue weighted by Gasteiger charge is -2.30. The zero-order chi connectivity index (χ0) is 23.3. The van der Waals surface area contributed by atoms with Gasteiger partial charge in [-0.25, -0.2) is 14.7 Å². The van der Waals surface area contributed by atoms with Crippen molar-refractivity contribution in [2.45, 2.75) is 26.2 Å². The molecular weight excluding hydrogens is 412 g/mol. The summed E-state index contributed by atoms with van der Waals surface area (Å²) in [6, 6.07) is 16.1. The van der Waals surface area contributed by atoms with Gasteiger partial charge in [-0.3, -0.25) is 9.63 Å². The maximum atomic E-state index is 12.7. The molecule has 0 aromatic heterocycles. The average molecular weight is 440 g/mol. The number of hydroxylamine groups is 2. The first-order chi connectivity index (χ1) is 15.3. The molecule has 2 N–H and O–H groups in total. The molecule has 0 saturated carbocycles. The fourth-order valence-electron chi connectivity index (χ4n) is 3.86. The smallest absolute Gasteiger partial charge is 0.407 e. The van der Waals surface area contributed by atoms with E-state index in [1.165, 1.54) is 7.05 Å². The zero-order valence-corrected chi connectivity index (χ0v) is 18.5. The minimum absolute atomic E-state index is 0.0276. The lowest BCUT2D eigenvalue weighted by Crippen LogP contribution is -2.47. The summed E-state index contributed by atoms with van der Waals surface area (Å²) in [5.74, 6) is -1.66. The summed E-state index contributed by atoms with van der Waals surface area (Å²) < 4.78 is 5.51. The molecule has 32 heavy (non-hydrogen) atoms. The van der Waals surface area contributed by atoms with Gasteiger partial charge in [0.25, 0.3) is 5.91 Å². The Balaban J connectivity index is 1.59. The van der Waals surface area contributed by atoms with Crippen molar-refractivity contribution in [2.75, 3.05) is 26.8 Å². The van der Waals surface area contributed by atoms with Crippen LogP contribution in [0.5, 0.6) is 0 Å². The van der Waals surface area contributed by atoms with Crippen LogP contribution in [0.3, 0.4) is 0 Å². The van der Waals surface area contributed by atoms with E-state index < -0.39 is 30.0 Å². The molecule has 1 aliphatic rings. The number of aliphatic carboxylic acids is 1. The normalized spacial score (nSPS) is 14.1. The van der Waals surface area contributed by atoms with E-state index in [-0.39, 0.29) is 19.1 Å². The van der Waals surface area contributed by atoms with Gasteiger partial charge in [-0.2, -0.15) is 0 Å². The number of fused-ring (bicyclic) bond motifs is 3. The first-order valence-electron chi connectivity index (χ1n) is 10.5. The van der Waals surface area contributed by atoms with Gasteiger partial charge < -0.3 is 15.2 Å². The summed E-state index contributed by atoms with van der Waals surface area (Å²) >= 11 is 0. The number of hydrogen-bond donors (Lipinski definition) is 2. The van der Waals surface area contributed by atoms with Crippen LogP contribution in [0.2, 0.25) is 0 Å². The number of nitrogens with one attached hydrogen (secondary N) is 1. The molecule has 3 rings (SSSR count). The number of carbonyl (C=O) groups excluding carboxylic acids is 2. The highest BCUT2D eigenvalue weighted by Crippen LogP contribution is 2.44. The summed E-state index contributed by atoms with van der Waals surface area (Å²) in [6.45, 7) is 3.07. The van der Waals surface area contributed by atoms with Gasteiger partial charge >= 0.3 is 12.1 Å². The number of carboxylic acid groups (broad SMARTS) is 1. The van der Waals surface area contributed by atoms with Crippen LogP contribution < -0.4 is 5.32 Å². The number of benzene rings is 2. The molecule has 0 saturated heterocycles. The summed E-state index contributed by atoms with van der Waals surface area (Å²) in [5.41, 5.74) is 3.55. The maximum Gasteiger partial charge on any atom is 0.407 e. The molecule has 0 radical (unpaired) electrons. The van der Waals surface area contributed by atoms with Crippen molar-refractivity contribution < 1.29 is 29.1 Å². The average Bonchev–Trinajstić information content (AvgIpc) is 3.12. The molecule has 0 fully saturated rings. The molecule has 1 aliphatic carbocycles. The van der Waals surface area contributed by atoms with Crippen LogP contribution in [0.25, 0.3) is 11.1 Å². The van der Waals surface area contributed by atoms with E-state index in [0.29, 0.717) is 6.42 Å². The van der Waals surface area contributed by atoms with Crippen molar-refractivity contribution >= 4 is 18.0 Å². The fourth-order valence-corrected chi connectivity index (χ4v) is 3.86. The molecule has 1 unspecified atom stereocenters. The number of alkyl carbamates (subject to hydrolysis) is 1. The van der Waals surface area contributed by atoms with E-state index in [1.54, 1.807) is 6.92 Å². The van der Waals surface area contributed by atoms with Crippen molar-refractivity contribution in [2.24, 2.45) is 5.41 Å². The second kappa shape index (κ2) is 9.82. The largest absolute Gasteiger partial charge is 0.479 e. The number of ether oxygens (including phenoxy) is 1. The van der Waals surface area contributed by atoms with Gasteiger partial charge in [-0.05, 0) is 35.6 Å². The Hall–Kier alpha value is -3.39. The number of carbonyl (C=O) groups is 3. The topological polar surface area (TPSA) is 105 Å². The minimum atomic E-state index is -1.18. The Kier molecular flexibility index (Phi) is 7.15. The predicted octanol–water partition coefficient (Wildman–Crippen LogP) is 3.42. The highest BCUT2D eigenvalue weighted by Gasteiger charge is 2.36. The van der Waals surface area contributed by atoms with Crippen molar-refractivity contribution in [1.82, 2.24) is 10.4 Å². The third-order valence-corrected chi connectivity index (χ3v) is 5.93. The molecule has 0 heterocycles. The van der Waals surface area contributed by atoms with Crippen molar-refractivity contribution in [3.05, 3.63) is 59.7 Å². The van der Waals surface area contributed by atoms with Gasteiger partial charge in [0, 0.05) is 19.5 Å². The monoisotopic (exact) mass is 440 g/mol. The van der Waals surface area contributed by atoms with Gasteiger partial charge in [-0.1, -0.05) is 55.5 Å². The molecular formula is C24H28N2O6. The molecule has 170 valence electrons. The molecule has 1 atom stereocenters. The van der Waals surface area contributed by atoms with Crippen LogP contribution in [-0.2, 0) is 19.2 Å². The Morgan fingerprint density at radius 1 is 1.06 bits per heavy atom. The minimum Gasteiger partial charge on any atom is -0.479 e. The number of rotatable bonds is 9. The molecule has 8 nitrogen and oxygen atoms in total. The van der Waals surface area contributed by atoms with Gasteiger partial charge in [0.05, 0.1) is 5.41 Å². The summed E-state index contributed by atoms with van der Waals surface area (Å²) in [7, 11) is 1.35. The summed E-state index contributed by atoms with van der Waals surface area (Å²) in [5, 5.41) is 12.3. The molecule has 2 aromatic rings. The van der Waals surface area contributed by atoms with Gasteiger partial charge in [0.15, 0.2) is 6.61 Å². The third kappa shape index (κ3) is 4.91. The van der Waals surface area contributed by atoms with Crippen LogP contribution >= 0.6 is 0 Å². The van der Waals surface area contributed by atoms with Crippen molar-refractivity contribution in [3.8, 4) is 11.1 Å². The molecule has 0 aliphatic heterocycles. The quantitative estimate of drug-likeness (QED) is 0.579. The number of nitrogens with zero attached hydrogens (tertiary/aromatic N) is 1. The van der Waals surface area contributed by atoms with E-state index in [9.17, 15) is 14.4 Å². The third-order valence-electron chi connectivity index (χ3n) is 5.93. The standard InChI is InChI=1S/C24H28N2O6/c1-4-24(2,22(29)26(3)32-14-21(27)28)15-25-23(30)31-13-20-18-11-7-5-9-16(18)17-10-6-8-12-19(17)20/h5-12,20H,4,13-15H2,1-3H3,(H,25,30)(H,27,28). The second-order valence-corrected chi connectivity index (χ2v) is 8.06. The highest BCUT2D eigenvalue weighted by molar-refractivity contribution is 5.82. The summed E-state index contributed by atoms with van der Waals surface area (Å²) in [6.07, 6.45) is -0.204. The van der Waals surface area contributed by atoms with Crippen LogP contribution in [0.15, 0.2) is 48.5 Å². The van der Waals surface area contributed by atoms with Gasteiger partial charge in [-0.15, -0.1) is 0 Å². The lowest BCUT2D eigenvalue weighted by atomic mass is 9.86. The molecule has 8 heteroatoms. The van der Waals surface area contributed by atoms with E-state index in [2.05, 4.69) is 17.4 Å². The predicted molar refractivity (Wildman–Crippen MR) is 118 cm³/mol. The van der Waals surface area contributed by atoms with Crippen molar-refractivity contribution in [3.63, 3.8) is 0 Å². The Morgan fingerprint density at radius 3 is 2.16 bits per heavy atom. The number of carboxylic acids is 1. The Bertz CT molecular complexity index is 962. The van der Waals surface area contributed by atoms with Crippen LogP contribution in [0, 0.1) is 5.41 Å². The van der Waals surface area contributed by atoms with Crippen molar-refractivity contribution in [1.29, 1.82) is 0 Å². The number of hydrogen-bond acceptors (Lipinski definition) is 5. The zero-order valence-electron chi connectivity index (χ0n) is 18.5. The highest BCUT2D eigenvalue weighted by atomic mass is 16.7. The fraction of sp³-hybridized carbons (Fsp3) is 0.375. The molecule has 0 bridgehead atoms. The first-order valence-corrected chi connectivity index (χ1v) is 10.5. The Morgan fingerprint density at radius 2 is 1.62 bits per heavy atom. The van der Waals surface area contributed by atoms with E-state index in [1.807, 2.05) is 43.3 Å².